The number of β-amino-alcohol motifs (C(OH)–C–C–N with tert-alkyl or cyclic N) is 1. The third kappa shape index (κ3) is 2.19. The van der Waals surface area contributed by atoms with Crippen molar-refractivity contribution in [3.8, 4) is 11.1 Å². The van der Waals surface area contributed by atoms with Gasteiger partial charge in [0.15, 0.2) is 0 Å². The van der Waals surface area contributed by atoms with E-state index in [1.165, 1.54) is 12.0 Å². The molecule has 5 heteroatoms. The van der Waals surface area contributed by atoms with E-state index in [2.05, 4.69) is 12.1 Å². The van der Waals surface area contributed by atoms with Crippen molar-refractivity contribution in [2.24, 2.45) is 0 Å². The number of hydrogen-bond acceptors (Lipinski definition) is 4. The van der Waals surface area contributed by atoms with Crippen LogP contribution in [0, 0.1) is 0 Å². The highest BCUT2D eigenvalue weighted by Crippen LogP contribution is 2.54. The topological polar surface area (TPSA) is 70.0 Å². The molecule has 1 aliphatic carbocycles. The molecule has 0 aromatic heterocycles. The van der Waals surface area contributed by atoms with Crippen LogP contribution < -0.4 is 0 Å². The van der Waals surface area contributed by atoms with Gasteiger partial charge in [-0.2, -0.15) is 0 Å². The number of aliphatic hydroxyl groups excluding tert-OH is 2. The van der Waals surface area contributed by atoms with Gasteiger partial charge in [-0.05, 0) is 22.3 Å². The summed E-state index contributed by atoms with van der Waals surface area (Å²) in [4.78, 5) is 13.9. The number of carbonyl (C=O) groups excluding carboxylic acids is 1. The molecule has 0 bridgehead atoms. The van der Waals surface area contributed by atoms with E-state index in [0.29, 0.717) is 6.42 Å². The fraction of sp³-hybridized carbons (Fsp3) is 0.350. The molecule has 2 aromatic carbocycles. The number of nitrogens with zero attached hydrogens (tertiary/aromatic N) is 1. The fourth-order valence-corrected chi connectivity index (χ4v) is 4.59. The maximum Gasteiger partial charge on any atom is 0.410 e. The van der Waals surface area contributed by atoms with Gasteiger partial charge in [-0.3, -0.25) is 4.90 Å². The Labute approximate surface area is 146 Å². The standard InChI is InChI=1S/C20H21NO4/c1-25-19(24)21-11-13(23)10-20(21,12-22)18-16-8-4-2-6-14(16)15-7-3-5-9-17(15)18/h2-9,13,18,22-23H,10-12H2,1H3/t13-,20-/m1/s1. The zero-order chi connectivity index (χ0) is 17.6. The van der Waals surface area contributed by atoms with E-state index in [1.807, 2.05) is 36.4 Å². The fourth-order valence-electron chi connectivity index (χ4n) is 4.59. The number of methoxy groups -OCH3 is 1. The van der Waals surface area contributed by atoms with Gasteiger partial charge < -0.3 is 14.9 Å². The SMILES string of the molecule is COC(=O)N1C[C@H](O)C[C@@]1(CO)C1c2ccccc2-c2ccccc21. The highest BCUT2D eigenvalue weighted by molar-refractivity contribution is 5.80. The van der Waals surface area contributed by atoms with E-state index in [0.717, 1.165) is 22.3 Å². The molecule has 4 rings (SSSR count). The van der Waals surface area contributed by atoms with Gasteiger partial charge in [0.25, 0.3) is 0 Å². The van der Waals surface area contributed by atoms with Crippen LogP contribution in [0.2, 0.25) is 0 Å². The largest absolute Gasteiger partial charge is 0.453 e. The Balaban J connectivity index is 1.94. The molecule has 2 N–H and O–H groups in total. The Morgan fingerprint density at radius 2 is 1.72 bits per heavy atom. The van der Waals surface area contributed by atoms with Gasteiger partial charge in [0.2, 0.25) is 0 Å². The van der Waals surface area contributed by atoms with Crippen molar-refractivity contribution in [3.63, 3.8) is 0 Å². The predicted molar refractivity (Wildman–Crippen MR) is 93.3 cm³/mol. The number of benzene rings is 2. The molecule has 0 radical (unpaired) electrons. The lowest BCUT2D eigenvalue weighted by Gasteiger charge is -2.41. The molecule has 1 amide bonds. The monoisotopic (exact) mass is 339 g/mol. The quantitative estimate of drug-likeness (QED) is 0.881. The van der Waals surface area contributed by atoms with Gasteiger partial charge in [0.05, 0.1) is 31.9 Å². The zero-order valence-corrected chi connectivity index (χ0v) is 14.1. The Hall–Kier alpha value is -2.37. The first-order valence-corrected chi connectivity index (χ1v) is 8.45. The first-order valence-electron chi connectivity index (χ1n) is 8.45. The average Bonchev–Trinajstić information content (AvgIpc) is 3.16. The minimum atomic E-state index is -0.921. The van der Waals surface area contributed by atoms with Crippen molar-refractivity contribution < 1.29 is 19.7 Å². The van der Waals surface area contributed by atoms with Crippen molar-refractivity contribution in [1.29, 1.82) is 0 Å². The molecule has 1 saturated heterocycles. The molecule has 2 aromatic rings. The third-order valence-corrected chi connectivity index (χ3v) is 5.56. The first kappa shape index (κ1) is 16.1. The van der Waals surface area contributed by atoms with Crippen LogP contribution >= 0.6 is 0 Å². The van der Waals surface area contributed by atoms with Crippen molar-refractivity contribution >= 4 is 6.09 Å². The Morgan fingerprint density at radius 1 is 1.16 bits per heavy atom. The molecule has 2 atom stereocenters. The second-order valence-electron chi connectivity index (χ2n) is 6.81. The van der Waals surface area contributed by atoms with Crippen LogP contribution in [-0.4, -0.2) is 53.1 Å². The van der Waals surface area contributed by atoms with E-state index in [9.17, 15) is 15.0 Å². The minimum absolute atomic E-state index is 0.161. The predicted octanol–water partition coefficient (Wildman–Crippen LogP) is 2.36. The van der Waals surface area contributed by atoms with E-state index in [4.69, 9.17) is 4.74 Å². The van der Waals surface area contributed by atoms with Crippen LogP contribution in [0.5, 0.6) is 0 Å². The number of hydrogen-bond donors (Lipinski definition) is 2. The van der Waals surface area contributed by atoms with Gasteiger partial charge in [0.1, 0.15) is 0 Å². The highest BCUT2D eigenvalue weighted by atomic mass is 16.5. The second-order valence-corrected chi connectivity index (χ2v) is 6.81. The lowest BCUT2D eigenvalue weighted by molar-refractivity contribution is 0.0415. The molecule has 130 valence electrons. The smallest absolute Gasteiger partial charge is 0.410 e. The van der Waals surface area contributed by atoms with Crippen LogP contribution in [0.15, 0.2) is 48.5 Å². The number of amides is 1. The highest BCUT2D eigenvalue weighted by Gasteiger charge is 2.55. The Bertz CT molecular complexity index is 775. The summed E-state index contributed by atoms with van der Waals surface area (Å²) in [5.41, 5.74) is 3.45. The summed E-state index contributed by atoms with van der Waals surface area (Å²) in [6, 6.07) is 16.1. The summed E-state index contributed by atoms with van der Waals surface area (Å²) >= 11 is 0. The average molecular weight is 339 g/mol. The molecular formula is C20H21NO4. The van der Waals surface area contributed by atoms with Gasteiger partial charge in [-0.15, -0.1) is 0 Å². The third-order valence-electron chi connectivity index (χ3n) is 5.56. The van der Waals surface area contributed by atoms with Crippen LogP contribution in [0.3, 0.4) is 0 Å². The molecule has 5 nitrogen and oxygen atoms in total. The maximum atomic E-state index is 12.4. The molecule has 1 aliphatic heterocycles. The van der Waals surface area contributed by atoms with Gasteiger partial charge >= 0.3 is 6.09 Å². The molecule has 0 spiro atoms. The van der Waals surface area contributed by atoms with E-state index in [-0.39, 0.29) is 19.1 Å². The summed E-state index contributed by atoms with van der Waals surface area (Å²) < 4.78 is 4.94. The number of aliphatic hydroxyl groups is 2. The normalized spacial score (nSPS) is 24.9. The summed E-state index contributed by atoms with van der Waals surface area (Å²) in [5, 5.41) is 20.7. The van der Waals surface area contributed by atoms with Gasteiger partial charge in [0, 0.05) is 12.3 Å². The van der Waals surface area contributed by atoms with E-state index in [1.54, 1.807) is 0 Å². The lowest BCUT2D eigenvalue weighted by atomic mass is 9.76. The van der Waals surface area contributed by atoms with Crippen molar-refractivity contribution in [3.05, 3.63) is 59.7 Å². The molecule has 1 fully saturated rings. The molecular weight excluding hydrogens is 318 g/mol. The van der Waals surface area contributed by atoms with Crippen LogP contribution in [0.25, 0.3) is 11.1 Å². The zero-order valence-electron chi connectivity index (χ0n) is 14.1. The van der Waals surface area contributed by atoms with E-state index >= 15 is 0 Å². The number of rotatable bonds is 2. The summed E-state index contributed by atoms with van der Waals surface area (Å²) in [7, 11) is 1.33. The van der Waals surface area contributed by atoms with Crippen LogP contribution in [0.1, 0.15) is 23.5 Å². The number of ether oxygens (including phenoxy) is 1. The molecule has 0 unspecified atom stereocenters. The Kier molecular flexibility index (Phi) is 3.78. The maximum absolute atomic E-state index is 12.4. The van der Waals surface area contributed by atoms with Gasteiger partial charge in [-0.1, -0.05) is 48.5 Å². The number of carbonyl (C=O) groups is 1. The molecule has 2 aliphatic rings. The van der Waals surface area contributed by atoms with Crippen molar-refractivity contribution in [2.45, 2.75) is 24.0 Å². The molecule has 1 heterocycles. The molecule has 0 saturated carbocycles. The minimum Gasteiger partial charge on any atom is -0.453 e. The Morgan fingerprint density at radius 3 is 2.24 bits per heavy atom. The van der Waals surface area contributed by atoms with Crippen LogP contribution in [-0.2, 0) is 4.74 Å². The number of likely N-dealkylation sites (tertiary alicyclic amines) is 1. The van der Waals surface area contributed by atoms with Crippen molar-refractivity contribution in [2.75, 3.05) is 20.3 Å². The second kappa shape index (κ2) is 5.86. The van der Waals surface area contributed by atoms with Crippen molar-refractivity contribution in [1.82, 2.24) is 4.90 Å². The lowest BCUT2D eigenvalue weighted by Crippen LogP contribution is -2.54. The summed E-state index contributed by atoms with van der Waals surface area (Å²) in [5.74, 6) is -0.207. The van der Waals surface area contributed by atoms with Gasteiger partial charge in [-0.25, -0.2) is 4.79 Å². The number of fused-ring (bicyclic) bond motifs is 3. The van der Waals surface area contributed by atoms with E-state index < -0.39 is 17.7 Å². The van der Waals surface area contributed by atoms with Crippen LogP contribution in [0.4, 0.5) is 4.79 Å². The summed E-state index contributed by atoms with van der Waals surface area (Å²) in [6.45, 7) is -0.0828. The first-order chi connectivity index (χ1) is 12.1. The molecule has 25 heavy (non-hydrogen) atoms. The summed E-state index contributed by atoms with van der Waals surface area (Å²) in [6.07, 6.45) is -0.898.